The van der Waals surface area contributed by atoms with Crippen LogP contribution in [0, 0.1) is 0 Å². The van der Waals surface area contributed by atoms with Gasteiger partial charge in [-0.1, -0.05) is 30.3 Å². The quantitative estimate of drug-likeness (QED) is 0.447. The molecule has 182 valence electrons. The molecule has 1 aromatic rings. The number of benzene rings is 1. The molecule has 4 amide bonds. The van der Waals surface area contributed by atoms with E-state index in [2.05, 4.69) is 5.48 Å². The fourth-order valence-electron chi connectivity index (χ4n) is 3.84. The van der Waals surface area contributed by atoms with Gasteiger partial charge in [0.25, 0.3) is 5.91 Å². The van der Waals surface area contributed by atoms with Gasteiger partial charge in [0.2, 0.25) is 0 Å². The second kappa shape index (κ2) is 10.8. The van der Waals surface area contributed by atoms with Crippen molar-refractivity contribution in [3.8, 4) is 0 Å². The zero-order valence-corrected chi connectivity index (χ0v) is 19.8. The number of rotatable bonds is 9. The fraction of sp³-hybridized carbons (Fsp3) is 0.609. The molecule has 3 rings (SSSR count). The van der Waals surface area contributed by atoms with Crippen LogP contribution in [-0.4, -0.2) is 76.8 Å². The van der Waals surface area contributed by atoms with E-state index in [1.54, 1.807) is 20.8 Å². The summed E-state index contributed by atoms with van der Waals surface area (Å²) in [5.74, 6) is -0.382. The van der Waals surface area contributed by atoms with Gasteiger partial charge >= 0.3 is 12.1 Å². The van der Waals surface area contributed by atoms with Crippen LogP contribution < -0.4 is 5.48 Å². The molecule has 0 aromatic heterocycles. The largest absolute Gasteiger partial charge is 0.444 e. The maximum Gasteiger partial charge on any atom is 0.410 e. The van der Waals surface area contributed by atoms with E-state index >= 15 is 0 Å². The van der Waals surface area contributed by atoms with Gasteiger partial charge in [-0.2, -0.15) is 5.06 Å². The number of carbonyl (C=O) groups excluding carboxylic acids is 3. The summed E-state index contributed by atoms with van der Waals surface area (Å²) in [4.78, 5) is 51.7. The summed E-state index contributed by atoms with van der Waals surface area (Å²) in [6, 6.07) is 8.62. The number of likely N-dealkylation sites (N-methyl/N-ethyl adjacent to an activating group) is 1. The molecule has 2 bridgehead atoms. The number of urea groups is 1. The third-order valence-electron chi connectivity index (χ3n) is 5.51. The number of hydroxylamine groups is 3. The predicted octanol–water partition coefficient (Wildman–Crippen LogP) is 2.69. The zero-order valence-electron chi connectivity index (χ0n) is 19.8. The van der Waals surface area contributed by atoms with Crippen LogP contribution in [0.5, 0.6) is 0 Å². The van der Waals surface area contributed by atoms with Crippen LogP contribution in [0.2, 0.25) is 0 Å². The molecular formula is C23H34N4O6. The SMILES string of the molecule is CCN(CCONC(=O)[C@@H]1CC[C@@H]2CN1C(=O)N2OCc1ccccc1)C(=O)OC(C)(C)C. The monoisotopic (exact) mass is 462 g/mol. The van der Waals surface area contributed by atoms with Gasteiger partial charge in [-0.15, -0.1) is 0 Å². The van der Waals surface area contributed by atoms with E-state index in [-0.39, 0.29) is 31.1 Å². The molecule has 1 N–H and O–H groups in total. The lowest BCUT2D eigenvalue weighted by molar-refractivity contribution is -0.141. The molecule has 2 fully saturated rings. The Bertz CT molecular complexity index is 828. The van der Waals surface area contributed by atoms with Crippen LogP contribution in [0.4, 0.5) is 9.59 Å². The second-order valence-electron chi connectivity index (χ2n) is 9.14. The molecule has 2 heterocycles. The molecule has 0 radical (unpaired) electrons. The summed E-state index contributed by atoms with van der Waals surface area (Å²) in [6.45, 7) is 8.81. The van der Waals surface area contributed by atoms with E-state index in [1.165, 1.54) is 14.9 Å². The minimum absolute atomic E-state index is 0.0712. The number of ether oxygens (including phenoxy) is 1. The van der Waals surface area contributed by atoms with Gasteiger partial charge in [0.1, 0.15) is 18.2 Å². The molecule has 1 aromatic carbocycles. The first kappa shape index (κ1) is 24.8. The molecular weight excluding hydrogens is 428 g/mol. The highest BCUT2D eigenvalue weighted by molar-refractivity contribution is 5.88. The van der Waals surface area contributed by atoms with Crippen LogP contribution in [0.25, 0.3) is 0 Å². The average molecular weight is 463 g/mol. The number of nitrogens with zero attached hydrogens (tertiary/aromatic N) is 3. The molecule has 2 atom stereocenters. The number of carbonyl (C=O) groups is 3. The van der Waals surface area contributed by atoms with E-state index in [0.29, 0.717) is 32.5 Å². The number of hydrogen-bond acceptors (Lipinski definition) is 6. The van der Waals surface area contributed by atoms with Gasteiger partial charge in [0, 0.05) is 19.6 Å². The van der Waals surface area contributed by atoms with E-state index in [1.807, 2.05) is 37.3 Å². The molecule has 2 aliphatic heterocycles. The Kier molecular flexibility index (Phi) is 8.15. The summed E-state index contributed by atoms with van der Waals surface area (Å²) < 4.78 is 5.35. The zero-order chi connectivity index (χ0) is 24.0. The lowest BCUT2D eigenvalue weighted by atomic mass is 10.0. The van der Waals surface area contributed by atoms with Gasteiger partial charge in [0.15, 0.2) is 0 Å². The van der Waals surface area contributed by atoms with Gasteiger partial charge in [-0.3, -0.25) is 14.5 Å². The standard InChI is InChI=1S/C23H34N4O6/c1-5-25(22(30)33-23(2,3)4)13-14-31-24-20(28)19-12-11-18-15-26(19)21(29)27(18)32-16-17-9-7-6-8-10-17/h6-10,18-19H,5,11-16H2,1-4H3,(H,24,28)/t18-,19+/m1/s1. The molecule has 10 nitrogen and oxygen atoms in total. The molecule has 0 saturated carbocycles. The van der Waals surface area contributed by atoms with Crippen molar-refractivity contribution >= 4 is 18.0 Å². The van der Waals surface area contributed by atoms with Gasteiger partial charge in [0.05, 0.1) is 12.6 Å². The third-order valence-corrected chi connectivity index (χ3v) is 5.51. The lowest BCUT2D eigenvalue weighted by Crippen LogP contribution is -2.50. The highest BCUT2D eigenvalue weighted by Crippen LogP contribution is 2.30. The molecule has 33 heavy (non-hydrogen) atoms. The first-order chi connectivity index (χ1) is 15.7. The molecule has 2 saturated heterocycles. The number of amides is 4. The van der Waals surface area contributed by atoms with Crippen LogP contribution in [0.3, 0.4) is 0 Å². The Labute approximate surface area is 194 Å². The number of hydrogen-bond donors (Lipinski definition) is 1. The van der Waals surface area contributed by atoms with Crippen molar-refractivity contribution < 1.29 is 28.8 Å². The predicted molar refractivity (Wildman–Crippen MR) is 120 cm³/mol. The minimum atomic E-state index is -0.618. The van der Waals surface area contributed by atoms with E-state index < -0.39 is 17.7 Å². The molecule has 0 spiro atoms. The van der Waals surface area contributed by atoms with Crippen LogP contribution >= 0.6 is 0 Å². The Balaban J connectivity index is 1.44. The summed E-state index contributed by atoms with van der Waals surface area (Å²) in [7, 11) is 0. The number of nitrogens with one attached hydrogen (secondary N) is 1. The van der Waals surface area contributed by atoms with E-state index in [9.17, 15) is 14.4 Å². The van der Waals surface area contributed by atoms with Gasteiger partial charge in [-0.05, 0) is 46.1 Å². The summed E-state index contributed by atoms with van der Waals surface area (Å²) in [5, 5.41) is 1.39. The van der Waals surface area contributed by atoms with E-state index in [0.717, 1.165) is 5.56 Å². The maximum absolute atomic E-state index is 12.8. The van der Waals surface area contributed by atoms with Crippen molar-refractivity contribution in [2.45, 2.75) is 64.8 Å². The Morgan fingerprint density at radius 1 is 1.18 bits per heavy atom. The molecule has 0 unspecified atom stereocenters. The van der Waals surface area contributed by atoms with Crippen LogP contribution in [-0.2, 0) is 25.8 Å². The van der Waals surface area contributed by atoms with Crippen molar-refractivity contribution in [1.29, 1.82) is 0 Å². The van der Waals surface area contributed by atoms with Gasteiger partial charge in [-0.25, -0.2) is 15.1 Å². The summed E-state index contributed by atoms with van der Waals surface area (Å²) >= 11 is 0. The molecule has 0 aliphatic carbocycles. The topological polar surface area (TPSA) is 101 Å². The average Bonchev–Trinajstić information content (AvgIpc) is 3.01. The van der Waals surface area contributed by atoms with Crippen LogP contribution in [0.1, 0.15) is 46.1 Å². The summed E-state index contributed by atoms with van der Waals surface area (Å²) in [5.41, 5.74) is 2.81. The first-order valence-electron chi connectivity index (χ1n) is 11.4. The number of piperidine rings is 1. The normalized spacial score (nSPS) is 20.1. The Morgan fingerprint density at radius 3 is 2.58 bits per heavy atom. The summed E-state index contributed by atoms with van der Waals surface area (Å²) in [6.07, 6.45) is 0.754. The lowest BCUT2D eigenvalue weighted by Gasteiger charge is -2.29. The van der Waals surface area contributed by atoms with Crippen molar-refractivity contribution in [2.24, 2.45) is 0 Å². The second-order valence-corrected chi connectivity index (χ2v) is 9.14. The van der Waals surface area contributed by atoms with Gasteiger partial charge < -0.3 is 14.5 Å². The Hall–Kier alpha value is -2.85. The van der Waals surface area contributed by atoms with Crippen molar-refractivity contribution in [1.82, 2.24) is 20.3 Å². The first-order valence-corrected chi connectivity index (χ1v) is 11.4. The molecule has 2 aliphatic rings. The smallest absolute Gasteiger partial charge is 0.410 e. The molecule has 10 heteroatoms. The highest BCUT2D eigenvalue weighted by atomic mass is 16.7. The van der Waals surface area contributed by atoms with Crippen LogP contribution in [0.15, 0.2) is 30.3 Å². The number of fused-ring (bicyclic) bond motifs is 2. The van der Waals surface area contributed by atoms with Crippen molar-refractivity contribution in [2.75, 3.05) is 26.2 Å². The third kappa shape index (κ3) is 6.58. The minimum Gasteiger partial charge on any atom is -0.444 e. The van der Waals surface area contributed by atoms with E-state index in [4.69, 9.17) is 14.4 Å². The highest BCUT2D eigenvalue weighted by Gasteiger charge is 2.48. The maximum atomic E-state index is 12.8. The van der Waals surface area contributed by atoms with Crippen molar-refractivity contribution in [3.05, 3.63) is 35.9 Å². The fourth-order valence-corrected chi connectivity index (χ4v) is 3.84. The Morgan fingerprint density at radius 2 is 1.91 bits per heavy atom. The van der Waals surface area contributed by atoms with Crippen molar-refractivity contribution in [3.63, 3.8) is 0 Å².